The Kier molecular flexibility index (Phi) is 5.32. The van der Waals surface area contributed by atoms with E-state index in [9.17, 15) is 10.1 Å². The van der Waals surface area contributed by atoms with Crippen LogP contribution in [0.3, 0.4) is 0 Å². The minimum Gasteiger partial charge on any atom is -0.488 e. The van der Waals surface area contributed by atoms with Gasteiger partial charge in [0.1, 0.15) is 24.3 Å². The summed E-state index contributed by atoms with van der Waals surface area (Å²) >= 11 is 0. The lowest BCUT2D eigenvalue weighted by Crippen LogP contribution is -2.25. The van der Waals surface area contributed by atoms with E-state index in [2.05, 4.69) is 22.6 Å². The zero-order chi connectivity index (χ0) is 20.2. The molecular formula is C20H20N6O3. The zero-order valence-corrected chi connectivity index (χ0v) is 15.7. The van der Waals surface area contributed by atoms with Crippen LogP contribution in [0.1, 0.15) is 18.4 Å². The largest absolute Gasteiger partial charge is 0.488 e. The molecule has 0 unspecified atom stereocenters. The van der Waals surface area contributed by atoms with E-state index in [0.717, 1.165) is 6.42 Å². The first-order valence-electron chi connectivity index (χ1n) is 9.44. The number of rotatable bonds is 5. The predicted molar refractivity (Wildman–Crippen MR) is 102 cm³/mol. The molecule has 9 nitrogen and oxygen atoms in total. The second-order valence-corrected chi connectivity index (χ2v) is 7.08. The second kappa shape index (κ2) is 8.21. The predicted octanol–water partition coefficient (Wildman–Crippen LogP) is 1.65. The SMILES string of the molecule is N#Cc1ccc(O[C@H]2CCOC2)cc1-n1cnc(NC(=O)[C@H]2CCN(C#N)C2)c1. The molecule has 0 radical (unpaired) electrons. The molecule has 4 rings (SSSR count). The van der Waals surface area contributed by atoms with Crippen molar-refractivity contribution >= 4 is 11.7 Å². The van der Waals surface area contributed by atoms with Crippen molar-refractivity contribution in [2.24, 2.45) is 5.92 Å². The van der Waals surface area contributed by atoms with Crippen LogP contribution in [0.2, 0.25) is 0 Å². The molecule has 2 fully saturated rings. The molecular weight excluding hydrogens is 372 g/mol. The fourth-order valence-corrected chi connectivity index (χ4v) is 3.50. The van der Waals surface area contributed by atoms with E-state index >= 15 is 0 Å². The van der Waals surface area contributed by atoms with Gasteiger partial charge in [0.05, 0.1) is 36.6 Å². The molecule has 2 aliphatic heterocycles. The van der Waals surface area contributed by atoms with Crippen LogP contribution in [0.25, 0.3) is 5.69 Å². The monoisotopic (exact) mass is 392 g/mol. The molecule has 9 heteroatoms. The highest BCUT2D eigenvalue weighted by Gasteiger charge is 2.28. The first-order valence-corrected chi connectivity index (χ1v) is 9.44. The number of imidazole rings is 1. The number of carbonyl (C=O) groups excluding carboxylic acids is 1. The Bertz CT molecular complexity index is 983. The van der Waals surface area contributed by atoms with Crippen LogP contribution in [-0.4, -0.2) is 52.8 Å². The van der Waals surface area contributed by atoms with Crippen molar-refractivity contribution in [3.8, 4) is 23.7 Å². The lowest BCUT2D eigenvalue weighted by Gasteiger charge is -2.14. The summed E-state index contributed by atoms with van der Waals surface area (Å²) in [6, 6.07) is 7.42. The number of anilines is 1. The van der Waals surface area contributed by atoms with Gasteiger partial charge in [0.15, 0.2) is 12.0 Å². The Morgan fingerprint density at radius 1 is 1.34 bits per heavy atom. The Balaban J connectivity index is 1.49. The van der Waals surface area contributed by atoms with Gasteiger partial charge in [-0.15, -0.1) is 0 Å². The number of nitrogens with one attached hydrogen (secondary N) is 1. The number of nitriles is 2. The molecule has 2 atom stereocenters. The molecule has 3 heterocycles. The molecule has 0 bridgehead atoms. The smallest absolute Gasteiger partial charge is 0.230 e. The van der Waals surface area contributed by atoms with Crippen molar-refractivity contribution in [2.75, 3.05) is 31.6 Å². The number of likely N-dealkylation sites (tertiary alicyclic amines) is 1. The van der Waals surface area contributed by atoms with E-state index in [4.69, 9.17) is 14.7 Å². The van der Waals surface area contributed by atoms with Crippen molar-refractivity contribution in [3.63, 3.8) is 0 Å². The van der Waals surface area contributed by atoms with Crippen LogP contribution in [0.15, 0.2) is 30.7 Å². The first kappa shape index (κ1) is 18.8. The Morgan fingerprint density at radius 3 is 2.97 bits per heavy atom. The number of ether oxygens (including phenoxy) is 2. The summed E-state index contributed by atoms with van der Waals surface area (Å²) in [7, 11) is 0. The van der Waals surface area contributed by atoms with Gasteiger partial charge in [0, 0.05) is 25.6 Å². The van der Waals surface area contributed by atoms with Crippen LogP contribution in [0, 0.1) is 28.7 Å². The van der Waals surface area contributed by atoms with Gasteiger partial charge in [-0.25, -0.2) is 4.98 Å². The third-order valence-electron chi connectivity index (χ3n) is 5.09. The van der Waals surface area contributed by atoms with E-state index in [-0.39, 0.29) is 17.9 Å². The summed E-state index contributed by atoms with van der Waals surface area (Å²) in [6.45, 7) is 2.26. The molecule has 1 aromatic heterocycles. The minimum absolute atomic E-state index is 0.00723. The third-order valence-corrected chi connectivity index (χ3v) is 5.09. The highest BCUT2D eigenvalue weighted by molar-refractivity contribution is 5.92. The van der Waals surface area contributed by atoms with E-state index in [0.29, 0.717) is 55.5 Å². The number of amides is 1. The van der Waals surface area contributed by atoms with E-state index in [1.807, 2.05) is 0 Å². The molecule has 2 aliphatic rings. The number of hydrogen-bond donors (Lipinski definition) is 1. The number of hydrogen-bond acceptors (Lipinski definition) is 7. The minimum atomic E-state index is -0.236. The topological polar surface area (TPSA) is 116 Å². The fourth-order valence-electron chi connectivity index (χ4n) is 3.50. The summed E-state index contributed by atoms with van der Waals surface area (Å²) in [4.78, 5) is 18.2. The van der Waals surface area contributed by atoms with E-state index in [1.54, 1.807) is 40.2 Å². The van der Waals surface area contributed by atoms with Gasteiger partial charge in [-0.1, -0.05) is 0 Å². The zero-order valence-electron chi connectivity index (χ0n) is 15.7. The first-order chi connectivity index (χ1) is 14.2. The highest BCUT2D eigenvalue weighted by Crippen LogP contribution is 2.25. The number of aromatic nitrogens is 2. The van der Waals surface area contributed by atoms with Crippen LogP contribution in [0.4, 0.5) is 5.82 Å². The molecule has 148 valence electrons. The molecule has 2 aromatic rings. The Morgan fingerprint density at radius 2 is 2.24 bits per heavy atom. The Hall–Kier alpha value is -3.56. The van der Waals surface area contributed by atoms with Crippen molar-refractivity contribution in [1.29, 1.82) is 10.5 Å². The van der Waals surface area contributed by atoms with Crippen molar-refractivity contribution < 1.29 is 14.3 Å². The van der Waals surface area contributed by atoms with Crippen molar-refractivity contribution in [3.05, 3.63) is 36.3 Å². The fraction of sp³-hybridized carbons (Fsp3) is 0.400. The van der Waals surface area contributed by atoms with E-state index < -0.39 is 0 Å². The summed E-state index contributed by atoms with van der Waals surface area (Å²) in [5, 5.41) is 21.2. The molecule has 29 heavy (non-hydrogen) atoms. The summed E-state index contributed by atoms with van der Waals surface area (Å²) < 4.78 is 12.9. The average Bonchev–Trinajstić information content (AvgIpc) is 3.49. The van der Waals surface area contributed by atoms with Crippen LogP contribution in [0.5, 0.6) is 5.75 Å². The molecule has 1 N–H and O–H groups in total. The summed E-state index contributed by atoms with van der Waals surface area (Å²) in [5.41, 5.74) is 1.09. The summed E-state index contributed by atoms with van der Waals surface area (Å²) in [5.74, 6) is 0.646. The van der Waals surface area contributed by atoms with Gasteiger partial charge in [0.2, 0.25) is 5.91 Å². The maximum atomic E-state index is 12.4. The molecule has 1 aromatic carbocycles. The average molecular weight is 392 g/mol. The standard InChI is InChI=1S/C20H20N6O3/c21-8-14-1-2-16(29-17-4-6-28-11-17)7-18(14)26-10-19(23-13-26)24-20(27)15-3-5-25(9-15)12-22/h1-2,7,10,13,15,17H,3-6,9,11H2,(H,24,27)/t15-,17-/m0/s1. The quantitative estimate of drug-likeness (QED) is 0.769. The Labute approximate surface area is 168 Å². The number of nitrogens with zero attached hydrogens (tertiary/aromatic N) is 5. The summed E-state index contributed by atoms with van der Waals surface area (Å²) in [6.07, 6.45) is 6.75. The van der Waals surface area contributed by atoms with Gasteiger partial charge in [-0.3, -0.25) is 4.79 Å². The number of carbonyl (C=O) groups is 1. The van der Waals surface area contributed by atoms with Gasteiger partial charge in [0.25, 0.3) is 0 Å². The van der Waals surface area contributed by atoms with Gasteiger partial charge >= 0.3 is 0 Å². The van der Waals surface area contributed by atoms with Crippen LogP contribution in [-0.2, 0) is 9.53 Å². The number of benzene rings is 1. The van der Waals surface area contributed by atoms with Gasteiger partial charge < -0.3 is 24.3 Å². The van der Waals surface area contributed by atoms with Crippen molar-refractivity contribution in [2.45, 2.75) is 18.9 Å². The molecule has 0 saturated carbocycles. The lowest BCUT2D eigenvalue weighted by molar-refractivity contribution is -0.119. The third kappa shape index (κ3) is 4.15. The van der Waals surface area contributed by atoms with Crippen LogP contribution >= 0.6 is 0 Å². The van der Waals surface area contributed by atoms with E-state index in [1.165, 1.54) is 0 Å². The maximum Gasteiger partial charge on any atom is 0.230 e. The van der Waals surface area contributed by atoms with Crippen molar-refractivity contribution in [1.82, 2.24) is 14.5 Å². The lowest BCUT2D eigenvalue weighted by atomic mass is 10.1. The molecule has 1 amide bonds. The second-order valence-electron chi connectivity index (χ2n) is 7.08. The maximum absolute atomic E-state index is 12.4. The molecule has 0 aliphatic carbocycles. The molecule has 2 saturated heterocycles. The van der Waals surface area contributed by atoms with Gasteiger partial charge in [-0.05, 0) is 18.6 Å². The van der Waals surface area contributed by atoms with Crippen LogP contribution < -0.4 is 10.1 Å². The highest BCUT2D eigenvalue weighted by atomic mass is 16.5. The van der Waals surface area contributed by atoms with Gasteiger partial charge in [-0.2, -0.15) is 10.5 Å². The normalized spacial score (nSPS) is 20.8. The molecule has 0 spiro atoms.